The number of hydrogen-bond donors (Lipinski definition) is 1. The van der Waals surface area contributed by atoms with Crippen LogP contribution in [0.15, 0.2) is 65.9 Å². The Labute approximate surface area is 174 Å². The van der Waals surface area contributed by atoms with Crippen molar-refractivity contribution in [3.63, 3.8) is 0 Å². The summed E-state index contributed by atoms with van der Waals surface area (Å²) < 4.78 is 0. The second-order valence-corrected chi connectivity index (χ2v) is 7.81. The normalized spacial score (nSPS) is 16.6. The molecule has 0 fully saturated rings. The number of allylic oxidation sites excluding steroid dienone is 3. The van der Waals surface area contributed by atoms with Gasteiger partial charge in [-0.1, -0.05) is 61.3 Å². The maximum Gasteiger partial charge on any atom is 0.266 e. The van der Waals surface area contributed by atoms with Crippen molar-refractivity contribution < 1.29 is 4.79 Å². The molecule has 1 amide bonds. The first-order chi connectivity index (χ1) is 13.3. The average molecular weight is 412 g/mol. The fourth-order valence-corrected chi connectivity index (χ4v) is 3.92. The van der Waals surface area contributed by atoms with Crippen LogP contribution in [0.5, 0.6) is 0 Å². The summed E-state index contributed by atoms with van der Waals surface area (Å²) in [6.07, 6.45) is 3.34. The average Bonchev–Trinajstić information content (AvgIpc) is 2.86. The van der Waals surface area contributed by atoms with Gasteiger partial charge in [-0.15, -0.1) is 0 Å². The number of fused-ring (bicyclic) bond motifs is 1. The molecule has 2 aromatic carbocycles. The topological polar surface area (TPSA) is 56.1 Å². The molecule has 0 spiro atoms. The number of nitriles is 1. The van der Waals surface area contributed by atoms with Crippen LogP contribution >= 0.6 is 23.2 Å². The number of rotatable bonds is 3. The van der Waals surface area contributed by atoms with Gasteiger partial charge in [0.1, 0.15) is 11.6 Å². The molecule has 0 unspecified atom stereocenters. The van der Waals surface area contributed by atoms with E-state index < -0.39 is 5.91 Å². The van der Waals surface area contributed by atoms with Gasteiger partial charge in [0.25, 0.3) is 5.91 Å². The Kier molecular flexibility index (Phi) is 5.51. The number of nitrogens with one attached hydrogen (secondary N) is 1. The zero-order chi connectivity index (χ0) is 20.5. The number of hydrogen-bond acceptors (Lipinski definition) is 3. The van der Waals surface area contributed by atoms with Gasteiger partial charge in [-0.3, -0.25) is 4.79 Å². The third kappa shape index (κ3) is 3.52. The Morgan fingerprint density at radius 2 is 1.79 bits per heavy atom. The lowest BCUT2D eigenvalue weighted by Crippen LogP contribution is -2.22. The van der Waals surface area contributed by atoms with Crippen LogP contribution in [0.2, 0.25) is 10.0 Å². The minimum atomic E-state index is -0.565. The summed E-state index contributed by atoms with van der Waals surface area (Å²) in [6.45, 7) is 4.23. The van der Waals surface area contributed by atoms with E-state index >= 15 is 0 Å². The first-order valence-corrected chi connectivity index (χ1v) is 9.44. The van der Waals surface area contributed by atoms with Crippen molar-refractivity contribution in [3.8, 4) is 6.07 Å². The number of nitrogens with zero attached hydrogens (tertiary/aromatic N) is 2. The zero-order valence-electron chi connectivity index (χ0n) is 15.8. The molecule has 1 heterocycles. The lowest BCUT2D eigenvalue weighted by atomic mass is 9.83. The van der Waals surface area contributed by atoms with E-state index in [4.69, 9.17) is 23.2 Å². The Hall–Kier alpha value is -2.74. The molecule has 0 bridgehead atoms. The molecule has 1 aliphatic heterocycles. The van der Waals surface area contributed by atoms with E-state index in [1.54, 1.807) is 18.2 Å². The molecule has 2 aromatic rings. The molecule has 0 saturated carbocycles. The molecule has 6 heteroatoms. The van der Waals surface area contributed by atoms with E-state index in [1.807, 2.05) is 31.3 Å². The molecular weight excluding hydrogens is 393 g/mol. The largest absolute Gasteiger partial charge is 0.347 e. The molecule has 3 rings (SSSR count). The third-order valence-electron chi connectivity index (χ3n) is 4.91. The van der Waals surface area contributed by atoms with Crippen LogP contribution in [0.4, 0.5) is 11.4 Å². The maximum absolute atomic E-state index is 12.6. The standard InChI is InChI=1S/C22H19Cl2N3O/c1-22(2)15-7-4-5-10-18(15)27(3)19(22)12-11-14(13-25)21(28)26-20-16(23)8-6-9-17(20)24/h4-12H,1-3H3,(H,26,28)/b14-11+,19-12-. The second-order valence-electron chi connectivity index (χ2n) is 7.00. The lowest BCUT2D eigenvalue weighted by molar-refractivity contribution is -0.112. The summed E-state index contributed by atoms with van der Waals surface area (Å²) in [4.78, 5) is 14.6. The molecule has 0 atom stereocenters. The number of carbonyl (C=O) groups is 1. The van der Waals surface area contributed by atoms with Crippen molar-refractivity contribution in [2.24, 2.45) is 0 Å². The van der Waals surface area contributed by atoms with Crippen molar-refractivity contribution in [2.45, 2.75) is 19.3 Å². The number of likely N-dealkylation sites (N-methyl/N-ethyl adjacent to an activating group) is 1. The zero-order valence-corrected chi connectivity index (χ0v) is 17.3. The van der Waals surface area contributed by atoms with Crippen molar-refractivity contribution in [3.05, 3.63) is 81.5 Å². The fraction of sp³-hybridized carbons (Fsp3) is 0.182. The van der Waals surface area contributed by atoms with Gasteiger partial charge in [0.15, 0.2) is 0 Å². The highest BCUT2D eigenvalue weighted by atomic mass is 35.5. The predicted octanol–water partition coefficient (Wildman–Crippen LogP) is 5.69. The summed E-state index contributed by atoms with van der Waals surface area (Å²) in [5, 5.41) is 12.7. The predicted molar refractivity (Wildman–Crippen MR) is 115 cm³/mol. The second kappa shape index (κ2) is 7.71. The van der Waals surface area contributed by atoms with Gasteiger partial charge in [-0.2, -0.15) is 5.26 Å². The third-order valence-corrected chi connectivity index (χ3v) is 5.54. The summed E-state index contributed by atoms with van der Waals surface area (Å²) in [5.41, 5.74) is 3.30. The molecule has 0 saturated heterocycles. The molecule has 142 valence electrons. The van der Waals surface area contributed by atoms with Gasteiger partial charge >= 0.3 is 0 Å². The smallest absolute Gasteiger partial charge is 0.266 e. The summed E-state index contributed by atoms with van der Waals surface area (Å²) in [7, 11) is 1.98. The molecule has 1 aliphatic rings. The summed E-state index contributed by atoms with van der Waals surface area (Å²) in [6, 6.07) is 15.0. The summed E-state index contributed by atoms with van der Waals surface area (Å²) >= 11 is 12.2. The Morgan fingerprint density at radius 1 is 1.14 bits per heavy atom. The van der Waals surface area contributed by atoms with Crippen LogP contribution in [0.25, 0.3) is 0 Å². The Bertz CT molecular complexity index is 1030. The van der Waals surface area contributed by atoms with Crippen LogP contribution < -0.4 is 10.2 Å². The highest BCUT2D eigenvalue weighted by Crippen LogP contribution is 2.46. The van der Waals surface area contributed by atoms with Gasteiger partial charge in [0.05, 0.1) is 15.7 Å². The molecule has 0 aliphatic carbocycles. The quantitative estimate of drug-likeness (QED) is 0.520. The molecule has 1 N–H and O–H groups in total. The number of amides is 1. The minimum absolute atomic E-state index is 0.0383. The van der Waals surface area contributed by atoms with E-state index in [2.05, 4.69) is 36.2 Å². The number of benzene rings is 2. The molecule has 0 aromatic heterocycles. The van der Waals surface area contributed by atoms with Crippen LogP contribution in [0.3, 0.4) is 0 Å². The van der Waals surface area contributed by atoms with Gasteiger partial charge < -0.3 is 10.2 Å². The number of para-hydroxylation sites is 2. The molecular formula is C22H19Cl2N3O. The van der Waals surface area contributed by atoms with Crippen molar-refractivity contribution in [2.75, 3.05) is 17.3 Å². The maximum atomic E-state index is 12.6. The highest BCUT2D eigenvalue weighted by Gasteiger charge is 2.37. The SMILES string of the molecule is CN1/C(=C\C=C(/C#N)C(=O)Nc2c(Cl)cccc2Cl)C(C)(C)c2ccccc21. The number of anilines is 2. The van der Waals surface area contributed by atoms with Gasteiger partial charge in [0, 0.05) is 23.8 Å². The molecule has 0 radical (unpaired) electrons. The van der Waals surface area contributed by atoms with Gasteiger partial charge in [0.2, 0.25) is 0 Å². The molecule has 4 nitrogen and oxygen atoms in total. The van der Waals surface area contributed by atoms with E-state index in [0.29, 0.717) is 10.0 Å². The first kappa shape index (κ1) is 20.0. The van der Waals surface area contributed by atoms with Gasteiger partial charge in [-0.25, -0.2) is 0 Å². The summed E-state index contributed by atoms with van der Waals surface area (Å²) in [5.74, 6) is -0.565. The van der Waals surface area contributed by atoms with Crippen LogP contribution in [-0.4, -0.2) is 13.0 Å². The van der Waals surface area contributed by atoms with E-state index in [0.717, 1.165) is 11.4 Å². The van der Waals surface area contributed by atoms with Crippen molar-refractivity contribution in [1.82, 2.24) is 0 Å². The minimum Gasteiger partial charge on any atom is -0.347 e. The van der Waals surface area contributed by atoms with Crippen molar-refractivity contribution in [1.29, 1.82) is 5.26 Å². The fourth-order valence-electron chi connectivity index (χ4n) is 3.43. The first-order valence-electron chi connectivity index (χ1n) is 8.68. The van der Waals surface area contributed by atoms with Crippen LogP contribution in [0.1, 0.15) is 19.4 Å². The monoisotopic (exact) mass is 411 g/mol. The Morgan fingerprint density at radius 3 is 2.39 bits per heavy atom. The van der Waals surface area contributed by atoms with E-state index in [9.17, 15) is 10.1 Å². The van der Waals surface area contributed by atoms with E-state index in [-0.39, 0.29) is 16.7 Å². The lowest BCUT2D eigenvalue weighted by Gasteiger charge is -2.23. The van der Waals surface area contributed by atoms with E-state index in [1.165, 1.54) is 11.6 Å². The molecule has 28 heavy (non-hydrogen) atoms. The van der Waals surface area contributed by atoms with Crippen LogP contribution in [0, 0.1) is 11.3 Å². The number of carbonyl (C=O) groups excluding carboxylic acids is 1. The Balaban J connectivity index is 1.92. The van der Waals surface area contributed by atoms with Crippen LogP contribution in [-0.2, 0) is 10.2 Å². The van der Waals surface area contributed by atoms with Gasteiger partial charge in [-0.05, 0) is 35.9 Å². The number of halogens is 2. The highest BCUT2D eigenvalue weighted by molar-refractivity contribution is 6.40. The van der Waals surface area contributed by atoms with Crippen molar-refractivity contribution >= 4 is 40.5 Å².